The van der Waals surface area contributed by atoms with E-state index in [4.69, 9.17) is 11.6 Å². The van der Waals surface area contributed by atoms with Crippen LogP contribution in [0.2, 0.25) is 5.02 Å². The van der Waals surface area contributed by atoms with Crippen molar-refractivity contribution in [1.82, 2.24) is 19.7 Å². The van der Waals surface area contributed by atoms with Gasteiger partial charge in [0.15, 0.2) is 5.78 Å². The number of halogens is 4. The van der Waals surface area contributed by atoms with Gasteiger partial charge >= 0.3 is 6.18 Å². The summed E-state index contributed by atoms with van der Waals surface area (Å²) in [6.07, 6.45) is -2.52. The molecule has 0 fully saturated rings. The highest BCUT2D eigenvalue weighted by Gasteiger charge is 2.36. The number of benzene rings is 1. The first-order chi connectivity index (χ1) is 11.8. The summed E-state index contributed by atoms with van der Waals surface area (Å²) in [7, 11) is 0. The quantitative estimate of drug-likeness (QED) is 0.772. The van der Waals surface area contributed by atoms with Gasteiger partial charge in [-0.1, -0.05) is 24.6 Å². The molecule has 1 atom stereocenters. The van der Waals surface area contributed by atoms with Crippen molar-refractivity contribution < 1.29 is 18.0 Å². The van der Waals surface area contributed by atoms with E-state index in [2.05, 4.69) is 10.2 Å². The third-order valence-corrected chi connectivity index (χ3v) is 4.78. The average molecular weight is 373 g/mol. The van der Waals surface area contributed by atoms with Crippen LogP contribution < -0.4 is 0 Å². The molecule has 0 aliphatic carbocycles. The Bertz CT molecular complexity index is 790. The van der Waals surface area contributed by atoms with Gasteiger partial charge in [-0.2, -0.15) is 13.2 Å². The summed E-state index contributed by atoms with van der Waals surface area (Å²) >= 11 is 5.91. The molecule has 1 aromatic carbocycles. The minimum atomic E-state index is -4.60. The van der Waals surface area contributed by atoms with Crippen molar-refractivity contribution in [1.29, 1.82) is 0 Å². The van der Waals surface area contributed by atoms with Crippen molar-refractivity contribution in [3.63, 3.8) is 0 Å². The largest absolute Gasteiger partial charge is 0.417 e. The number of aromatic nitrogens is 3. The van der Waals surface area contributed by atoms with Crippen LogP contribution in [0.4, 0.5) is 13.2 Å². The molecule has 2 aromatic rings. The Morgan fingerprint density at radius 3 is 2.80 bits per heavy atom. The summed E-state index contributed by atoms with van der Waals surface area (Å²) in [6, 6.07) is 2.87. The number of Topliss-reactive ketones (excluding diaryl/α,β-unsaturated/α-hetero) is 1. The summed E-state index contributed by atoms with van der Waals surface area (Å²) in [5, 5.41) is 7.30. The molecular formula is C16H16ClF3N4O. The highest BCUT2D eigenvalue weighted by atomic mass is 35.5. The minimum Gasteiger partial charge on any atom is -0.315 e. The summed E-state index contributed by atoms with van der Waals surface area (Å²) in [6.45, 7) is 3.46. The Morgan fingerprint density at radius 1 is 1.36 bits per heavy atom. The molecule has 1 aromatic heterocycles. The van der Waals surface area contributed by atoms with E-state index in [1.807, 2.05) is 16.4 Å². The second kappa shape index (κ2) is 6.76. The number of carbonyl (C=O) groups excluding carboxylic acids is 1. The number of hydrogen-bond acceptors (Lipinski definition) is 4. The van der Waals surface area contributed by atoms with Gasteiger partial charge in [-0.3, -0.25) is 9.69 Å². The van der Waals surface area contributed by atoms with Gasteiger partial charge in [0.05, 0.1) is 23.2 Å². The van der Waals surface area contributed by atoms with Crippen molar-refractivity contribution in [2.75, 3.05) is 6.54 Å². The first-order valence-electron chi connectivity index (χ1n) is 7.83. The maximum Gasteiger partial charge on any atom is 0.417 e. The van der Waals surface area contributed by atoms with Gasteiger partial charge < -0.3 is 4.57 Å². The average Bonchev–Trinajstić information content (AvgIpc) is 3.02. The van der Waals surface area contributed by atoms with Gasteiger partial charge in [0.25, 0.3) is 0 Å². The molecule has 0 amide bonds. The predicted molar refractivity (Wildman–Crippen MR) is 85.3 cm³/mol. The number of carbonyl (C=O) groups is 1. The van der Waals surface area contributed by atoms with Crippen molar-refractivity contribution in [3.8, 4) is 0 Å². The summed E-state index contributed by atoms with van der Waals surface area (Å²) in [4.78, 5) is 14.8. The Kier molecular flexibility index (Phi) is 4.83. The van der Waals surface area contributed by atoms with Crippen LogP contribution in [0.5, 0.6) is 0 Å². The van der Waals surface area contributed by atoms with Gasteiger partial charge in [0.2, 0.25) is 0 Å². The Balaban J connectivity index is 1.89. The Morgan fingerprint density at radius 2 is 2.12 bits per heavy atom. The third kappa shape index (κ3) is 3.41. The molecule has 0 saturated carbocycles. The van der Waals surface area contributed by atoms with Crippen LogP contribution in [0.25, 0.3) is 0 Å². The van der Waals surface area contributed by atoms with E-state index in [1.54, 1.807) is 6.33 Å². The SMILES string of the molecule is CCC(C(=O)c1cccc(C(F)(F)F)c1Cl)N1CCn2cnnc2C1. The van der Waals surface area contributed by atoms with Crippen LogP contribution in [-0.2, 0) is 19.3 Å². The topological polar surface area (TPSA) is 51.0 Å². The van der Waals surface area contributed by atoms with E-state index in [1.165, 1.54) is 12.1 Å². The lowest BCUT2D eigenvalue weighted by molar-refractivity contribution is -0.137. The molecule has 9 heteroatoms. The lowest BCUT2D eigenvalue weighted by atomic mass is 9.98. The molecule has 25 heavy (non-hydrogen) atoms. The summed E-state index contributed by atoms with van der Waals surface area (Å²) in [5.41, 5.74) is -1.09. The van der Waals surface area contributed by atoms with Crippen molar-refractivity contribution in [3.05, 3.63) is 46.5 Å². The predicted octanol–water partition coefficient (Wildman–Crippen LogP) is 3.43. The highest BCUT2D eigenvalue weighted by Crippen LogP contribution is 2.37. The van der Waals surface area contributed by atoms with E-state index in [0.717, 1.165) is 11.9 Å². The number of alkyl halides is 3. The maximum atomic E-state index is 13.0. The normalized spacial score (nSPS) is 16.5. The van der Waals surface area contributed by atoms with Crippen LogP contribution in [0, 0.1) is 0 Å². The number of nitrogens with zero attached hydrogens (tertiary/aromatic N) is 4. The molecule has 0 bridgehead atoms. The first kappa shape index (κ1) is 17.9. The third-order valence-electron chi connectivity index (χ3n) is 4.37. The highest BCUT2D eigenvalue weighted by molar-refractivity contribution is 6.35. The van der Waals surface area contributed by atoms with Crippen molar-refractivity contribution in [2.45, 2.75) is 38.7 Å². The van der Waals surface area contributed by atoms with Gasteiger partial charge in [-0.25, -0.2) is 0 Å². The molecular weight excluding hydrogens is 357 g/mol. The molecule has 0 saturated heterocycles. The molecule has 2 heterocycles. The lowest BCUT2D eigenvalue weighted by Crippen LogP contribution is -2.45. The summed E-state index contributed by atoms with van der Waals surface area (Å²) in [5.74, 6) is 0.319. The number of fused-ring (bicyclic) bond motifs is 1. The van der Waals surface area contributed by atoms with Gasteiger partial charge in [0, 0.05) is 18.7 Å². The molecule has 0 N–H and O–H groups in total. The number of rotatable bonds is 4. The zero-order chi connectivity index (χ0) is 18.2. The second-order valence-corrected chi connectivity index (χ2v) is 6.24. The van der Waals surface area contributed by atoms with E-state index in [0.29, 0.717) is 26.1 Å². The molecule has 0 spiro atoms. The molecule has 0 radical (unpaired) electrons. The fourth-order valence-corrected chi connectivity index (χ4v) is 3.41. The maximum absolute atomic E-state index is 13.0. The fraction of sp³-hybridized carbons (Fsp3) is 0.438. The van der Waals surface area contributed by atoms with Crippen LogP contribution in [0.15, 0.2) is 24.5 Å². The Labute approximate surface area is 147 Å². The van der Waals surface area contributed by atoms with Gasteiger partial charge in [-0.05, 0) is 18.6 Å². The Hall–Kier alpha value is -1.93. The first-order valence-corrected chi connectivity index (χ1v) is 8.21. The van der Waals surface area contributed by atoms with Crippen LogP contribution in [0.3, 0.4) is 0 Å². The standard InChI is InChI=1S/C16H16ClF3N4O/c1-2-12(23-6-7-24-9-21-22-13(24)8-23)15(25)10-4-3-5-11(14(10)17)16(18,19)20/h3-5,9,12H,2,6-8H2,1H3. The number of ketones is 1. The zero-order valence-electron chi connectivity index (χ0n) is 13.4. The van der Waals surface area contributed by atoms with E-state index in [9.17, 15) is 18.0 Å². The minimum absolute atomic E-state index is 0.101. The van der Waals surface area contributed by atoms with Gasteiger partial charge in [0.1, 0.15) is 12.2 Å². The van der Waals surface area contributed by atoms with Crippen LogP contribution in [-0.4, -0.2) is 38.0 Å². The zero-order valence-corrected chi connectivity index (χ0v) is 14.2. The molecule has 1 aliphatic rings. The lowest BCUT2D eigenvalue weighted by Gasteiger charge is -2.33. The van der Waals surface area contributed by atoms with Gasteiger partial charge in [-0.15, -0.1) is 10.2 Å². The van der Waals surface area contributed by atoms with E-state index >= 15 is 0 Å². The monoisotopic (exact) mass is 372 g/mol. The second-order valence-electron chi connectivity index (χ2n) is 5.86. The summed E-state index contributed by atoms with van der Waals surface area (Å²) < 4.78 is 41.0. The molecule has 5 nitrogen and oxygen atoms in total. The van der Waals surface area contributed by atoms with E-state index in [-0.39, 0.29) is 5.56 Å². The van der Waals surface area contributed by atoms with Crippen molar-refractivity contribution >= 4 is 17.4 Å². The molecule has 134 valence electrons. The van der Waals surface area contributed by atoms with Crippen LogP contribution in [0.1, 0.15) is 35.1 Å². The smallest absolute Gasteiger partial charge is 0.315 e. The molecule has 3 rings (SSSR count). The molecule has 1 unspecified atom stereocenters. The van der Waals surface area contributed by atoms with E-state index < -0.39 is 28.6 Å². The van der Waals surface area contributed by atoms with Crippen molar-refractivity contribution in [2.24, 2.45) is 0 Å². The molecule has 1 aliphatic heterocycles. The van der Waals surface area contributed by atoms with Crippen LogP contribution >= 0.6 is 11.6 Å². The number of hydrogen-bond donors (Lipinski definition) is 0. The fourth-order valence-electron chi connectivity index (χ4n) is 3.08.